The van der Waals surface area contributed by atoms with Crippen LogP contribution in [-0.4, -0.2) is 72.4 Å². The van der Waals surface area contributed by atoms with Crippen LogP contribution >= 0.6 is 22.9 Å². The number of nitriles is 1. The van der Waals surface area contributed by atoms with Crippen molar-refractivity contribution in [2.45, 2.75) is 43.7 Å². The molecule has 3 fully saturated rings. The van der Waals surface area contributed by atoms with E-state index in [1.807, 2.05) is 0 Å². The number of nitrogens with two attached hydrogens (primary N) is 1. The summed E-state index contributed by atoms with van der Waals surface area (Å²) < 4.78 is 44.9. The molecule has 6 heterocycles. The van der Waals surface area contributed by atoms with Crippen molar-refractivity contribution in [1.82, 2.24) is 20.2 Å². The monoisotopic (exact) mass is 637 g/mol. The van der Waals surface area contributed by atoms with Crippen molar-refractivity contribution >= 4 is 54.7 Å². The highest BCUT2D eigenvalue weighted by atomic mass is 35.5. The number of fused-ring (bicyclic) bond motifs is 4. The van der Waals surface area contributed by atoms with Crippen LogP contribution in [0.2, 0.25) is 5.02 Å². The second kappa shape index (κ2) is 10.5. The predicted octanol–water partition coefficient (Wildman–Crippen LogP) is 5.46. The first-order chi connectivity index (χ1) is 21.4. The van der Waals surface area contributed by atoms with Crippen LogP contribution in [0.3, 0.4) is 0 Å². The fourth-order valence-electron chi connectivity index (χ4n) is 7.61. The lowest BCUT2D eigenvalue weighted by Gasteiger charge is -2.32. The molecule has 13 heteroatoms. The lowest BCUT2D eigenvalue weighted by molar-refractivity contribution is 0.108. The number of aromatic nitrogens is 2. The minimum Gasteiger partial charge on any atom is -0.489 e. The van der Waals surface area contributed by atoms with Gasteiger partial charge < -0.3 is 25.4 Å². The Kier molecular flexibility index (Phi) is 6.71. The molecule has 4 aromatic rings. The Morgan fingerprint density at radius 1 is 1.18 bits per heavy atom. The number of nitrogens with zero attached hydrogens (tertiary/aromatic N) is 5. The number of hydrogen-bond donors (Lipinski definition) is 2. The summed E-state index contributed by atoms with van der Waals surface area (Å²) in [5.74, 6) is -0.494. The molecule has 1 unspecified atom stereocenters. The largest absolute Gasteiger partial charge is 0.489 e. The van der Waals surface area contributed by atoms with Gasteiger partial charge in [0.05, 0.1) is 32.3 Å². The molecular weight excluding hydrogens is 608 g/mol. The van der Waals surface area contributed by atoms with Gasteiger partial charge >= 0.3 is 6.01 Å². The standard InChI is InChI=1S/C31H30ClF2N7O2S/c32-23-21(17-3-4-19(33)27-20(17)18(13-35)28(36)44-27)24(34)25-22-26(23)42-14-16-5-8-37-9-12-41(16)29(22)39-30(38-25)43-15-31-6-1-10-40(31)11-2-7-31/h3-4,16,37H,1-2,5-12,14-15,36H2. The van der Waals surface area contributed by atoms with E-state index in [1.165, 1.54) is 12.1 Å². The van der Waals surface area contributed by atoms with Crippen molar-refractivity contribution in [3.8, 4) is 29.0 Å². The molecular formula is C31H30ClF2N7O2S. The molecule has 4 aliphatic rings. The maximum Gasteiger partial charge on any atom is 0.319 e. The van der Waals surface area contributed by atoms with Crippen molar-refractivity contribution in [2.24, 2.45) is 0 Å². The van der Waals surface area contributed by atoms with Crippen LogP contribution in [0, 0.1) is 23.0 Å². The molecule has 0 aliphatic carbocycles. The second-order valence-corrected chi connectivity index (χ2v) is 13.5. The van der Waals surface area contributed by atoms with Gasteiger partial charge in [-0.3, -0.25) is 4.90 Å². The number of benzene rings is 2. The maximum atomic E-state index is 17.0. The average Bonchev–Trinajstić information content (AvgIpc) is 3.60. The average molecular weight is 638 g/mol. The fourth-order valence-corrected chi connectivity index (χ4v) is 8.89. The van der Waals surface area contributed by atoms with Gasteiger partial charge in [0, 0.05) is 24.0 Å². The van der Waals surface area contributed by atoms with Crippen molar-refractivity contribution < 1.29 is 18.3 Å². The number of nitrogen functional groups attached to an aromatic ring is 1. The Balaban J connectivity index is 1.36. The Morgan fingerprint density at radius 2 is 2.00 bits per heavy atom. The highest BCUT2D eigenvalue weighted by molar-refractivity contribution is 7.23. The molecule has 0 radical (unpaired) electrons. The van der Waals surface area contributed by atoms with Crippen LogP contribution < -0.4 is 25.4 Å². The number of thiophene rings is 1. The van der Waals surface area contributed by atoms with Gasteiger partial charge in [-0.1, -0.05) is 17.7 Å². The van der Waals surface area contributed by atoms with Gasteiger partial charge in [0.15, 0.2) is 11.6 Å². The lowest BCUT2D eigenvalue weighted by Crippen LogP contribution is -2.43. The van der Waals surface area contributed by atoms with Crippen LogP contribution in [0.1, 0.15) is 37.7 Å². The van der Waals surface area contributed by atoms with Gasteiger partial charge in [-0.2, -0.15) is 15.2 Å². The molecule has 0 spiro atoms. The van der Waals surface area contributed by atoms with Crippen molar-refractivity contribution in [1.29, 1.82) is 5.26 Å². The van der Waals surface area contributed by atoms with Crippen LogP contribution in [-0.2, 0) is 0 Å². The molecule has 0 amide bonds. The van der Waals surface area contributed by atoms with E-state index in [9.17, 15) is 9.65 Å². The van der Waals surface area contributed by atoms with Gasteiger partial charge in [0.25, 0.3) is 0 Å². The molecule has 228 valence electrons. The van der Waals surface area contributed by atoms with Gasteiger partial charge in [-0.15, -0.1) is 11.3 Å². The summed E-state index contributed by atoms with van der Waals surface area (Å²) in [6.45, 7) is 4.99. The van der Waals surface area contributed by atoms with E-state index in [2.05, 4.69) is 26.2 Å². The Labute approximate surface area is 261 Å². The van der Waals surface area contributed by atoms with Gasteiger partial charge in [-0.25, -0.2) is 8.78 Å². The number of ether oxygens (including phenoxy) is 2. The fraction of sp³-hybridized carbons (Fsp3) is 0.452. The van der Waals surface area contributed by atoms with E-state index >= 15 is 4.39 Å². The van der Waals surface area contributed by atoms with Crippen LogP contribution in [0.25, 0.3) is 32.1 Å². The quantitative estimate of drug-likeness (QED) is 0.301. The molecule has 1 atom stereocenters. The Hall–Kier alpha value is -3.50. The summed E-state index contributed by atoms with van der Waals surface area (Å²) in [6, 6.07) is 4.78. The number of hydrogen-bond acceptors (Lipinski definition) is 10. The molecule has 8 rings (SSSR count). The van der Waals surface area contributed by atoms with Crippen LogP contribution in [0.15, 0.2) is 12.1 Å². The molecule has 9 nitrogen and oxygen atoms in total. The van der Waals surface area contributed by atoms with Crippen LogP contribution in [0.5, 0.6) is 11.8 Å². The third kappa shape index (κ3) is 4.13. The number of nitrogens with one attached hydrogen (secondary N) is 1. The molecule has 2 aromatic carbocycles. The zero-order valence-corrected chi connectivity index (χ0v) is 25.5. The topological polar surface area (TPSA) is 113 Å². The molecule has 44 heavy (non-hydrogen) atoms. The lowest BCUT2D eigenvalue weighted by atomic mass is 9.95. The van der Waals surface area contributed by atoms with Crippen molar-refractivity contribution in [3.05, 3.63) is 34.4 Å². The number of rotatable bonds is 4. The summed E-state index contributed by atoms with van der Waals surface area (Å²) in [6.07, 6.45) is 5.13. The van der Waals surface area contributed by atoms with E-state index in [0.29, 0.717) is 31.0 Å². The zero-order valence-electron chi connectivity index (χ0n) is 23.9. The summed E-state index contributed by atoms with van der Waals surface area (Å²) in [5, 5.41) is 14.1. The highest BCUT2D eigenvalue weighted by Gasteiger charge is 2.45. The summed E-state index contributed by atoms with van der Waals surface area (Å²) in [7, 11) is 0. The molecule has 3 N–H and O–H groups in total. The van der Waals surface area contributed by atoms with E-state index in [1.54, 1.807) is 0 Å². The summed E-state index contributed by atoms with van der Waals surface area (Å²) in [5.41, 5.74) is 6.34. The van der Waals surface area contributed by atoms with E-state index < -0.39 is 11.6 Å². The smallest absolute Gasteiger partial charge is 0.319 e. The van der Waals surface area contributed by atoms with E-state index in [4.69, 9.17) is 31.8 Å². The molecule has 3 saturated heterocycles. The van der Waals surface area contributed by atoms with E-state index in [-0.39, 0.29) is 65.7 Å². The SMILES string of the molecule is N#Cc1c(N)sc2c(F)ccc(-c3c(Cl)c4c5c(nc(OCC67CCCN6CCC7)nc5c3F)N3CCNCCC3CO4)c12. The third-order valence-corrected chi connectivity index (χ3v) is 11.1. The molecule has 0 bridgehead atoms. The second-order valence-electron chi connectivity index (χ2n) is 12.0. The minimum atomic E-state index is -0.722. The van der Waals surface area contributed by atoms with Crippen LogP contribution in [0.4, 0.5) is 19.6 Å². The molecule has 4 aliphatic heterocycles. The summed E-state index contributed by atoms with van der Waals surface area (Å²) in [4.78, 5) is 14.2. The number of anilines is 2. The predicted molar refractivity (Wildman–Crippen MR) is 167 cm³/mol. The first-order valence-electron chi connectivity index (χ1n) is 15.0. The number of halogens is 3. The first kappa shape index (κ1) is 28.0. The maximum absolute atomic E-state index is 17.0. The Morgan fingerprint density at radius 3 is 2.80 bits per heavy atom. The third-order valence-electron chi connectivity index (χ3n) is 9.74. The van der Waals surface area contributed by atoms with Gasteiger partial charge in [-0.05, 0) is 63.4 Å². The van der Waals surface area contributed by atoms with Gasteiger partial charge in [0.2, 0.25) is 0 Å². The first-order valence-corrected chi connectivity index (χ1v) is 16.2. The molecule has 0 saturated carbocycles. The van der Waals surface area contributed by atoms with Gasteiger partial charge in [0.1, 0.15) is 41.4 Å². The van der Waals surface area contributed by atoms with Crippen molar-refractivity contribution in [2.75, 3.05) is 56.6 Å². The summed E-state index contributed by atoms with van der Waals surface area (Å²) >= 11 is 7.98. The zero-order chi connectivity index (χ0) is 30.2. The highest BCUT2D eigenvalue weighted by Crippen LogP contribution is 2.51. The van der Waals surface area contributed by atoms with Crippen molar-refractivity contribution in [3.63, 3.8) is 0 Å². The Bertz CT molecular complexity index is 1870. The van der Waals surface area contributed by atoms with E-state index in [0.717, 1.165) is 69.6 Å². The normalized spacial score (nSPS) is 21.0. The molecule has 2 aromatic heterocycles. The minimum absolute atomic E-state index is 0.00337.